The molecule has 0 saturated carbocycles. The molecule has 0 amide bonds. The molecule has 0 radical (unpaired) electrons. The number of ether oxygens (including phenoxy) is 1. The van der Waals surface area contributed by atoms with E-state index in [1.807, 2.05) is 0 Å². The van der Waals surface area contributed by atoms with E-state index in [9.17, 15) is 4.79 Å². The molecule has 4 nitrogen and oxygen atoms in total. The number of carbonyl (C=O) groups is 1. The van der Waals surface area contributed by atoms with Crippen molar-refractivity contribution in [2.24, 2.45) is 5.73 Å². The highest BCUT2D eigenvalue weighted by atomic mass is 16.5. The topological polar surface area (TPSA) is 55.6 Å². The van der Waals surface area contributed by atoms with Crippen molar-refractivity contribution >= 4 is 5.97 Å². The van der Waals surface area contributed by atoms with Crippen LogP contribution in [0.15, 0.2) is 11.9 Å². The number of carbonyl (C=O) groups excluding carboxylic acids is 1. The number of hydrogen-bond donors (Lipinski definition) is 1. The molecule has 0 aromatic rings. The van der Waals surface area contributed by atoms with E-state index in [0.717, 1.165) is 0 Å². The van der Waals surface area contributed by atoms with Crippen molar-refractivity contribution in [2.45, 2.75) is 6.92 Å². The normalized spacial score (nSPS) is 11.0. The third-order valence-corrected chi connectivity index (χ3v) is 1.07. The fraction of sp³-hybridized carbons (Fsp3) is 0.571. The van der Waals surface area contributed by atoms with E-state index in [0.29, 0.717) is 12.4 Å². The molecule has 0 aliphatic rings. The Bertz CT molecular complexity index is 164. The van der Waals surface area contributed by atoms with Crippen LogP contribution < -0.4 is 5.73 Å². The second-order valence-corrected chi connectivity index (χ2v) is 2.22. The van der Waals surface area contributed by atoms with Crippen LogP contribution in [-0.2, 0) is 9.53 Å². The molecule has 11 heavy (non-hydrogen) atoms. The van der Waals surface area contributed by atoms with Crippen molar-refractivity contribution < 1.29 is 9.53 Å². The van der Waals surface area contributed by atoms with Gasteiger partial charge in [-0.3, -0.25) is 0 Å². The van der Waals surface area contributed by atoms with E-state index < -0.39 is 5.97 Å². The van der Waals surface area contributed by atoms with Crippen LogP contribution in [0, 0.1) is 0 Å². The van der Waals surface area contributed by atoms with Crippen LogP contribution in [0.25, 0.3) is 0 Å². The second kappa shape index (κ2) is 4.60. The molecular weight excluding hydrogens is 144 g/mol. The number of esters is 1. The molecular formula is C7H14N2O2. The first kappa shape index (κ1) is 9.81. The van der Waals surface area contributed by atoms with E-state index in [2.05, 4.69) is 4.74 Å². The zero-order chi connectivity index (χ0) is 8.85. The van der Waals surface area contributed by atoms with E-state index in [4.69, 9.17) is 5.73 Å². The lowest BCUT2D eigenvalue weighted by molar-refractivity contribution is -0.137. The fourth-order valence-corrected chi connectivity index (χ4v) is 0.434. The minimum absolute atomic E-state index is 0.371. The Balaban J connectivity index is 3.97. The first-order valence-electron chi connectivity index (χ1n) is 3.39. The molecule has 0 rings (SSSR count). The van der Waals surface area contributed by atoms with Gasteiger partial charge in [0.1, 0.15) is 5.82 Å². The van der Waals surface area contributed by atoms with Crippen molar-refractivity contribution in [3.63, 3.8) is 0 Å². The summed E-state index contributed by atoms with van der Waals surface area (Å²) in [5.41, 5.74) is 5.43. The average Bonchev–Trinajstić information content (AvgIpc) is 1.87. The van der Waals surface area contributed by atoms with E-state index >= 15 is 0 Å². The Morgan fingerprint density at radius 3 is 2.55 bits per heavy atom. The molecule has 64 valence electrons. The van der Waals surface area contributed by atoms with Gasteiger partial charge in [-0.05, 0) is 6.92 Å². The Morgan fingerprint density at radius 2 is 2.18 bits per heavy atom. The number of nitrogens with zero attached hydrogens (tertiary/aromatic N) is 1. The lowest BCUT2D eigenvalue weighted by Crippen LogP contribution is -2.20. The maximum Gasteiger partial charge on any atom is 0.334 e. The summed E-state index contributed by atoms with van der Waals surface area (Å²) in [6.45, 7) is 2.12. The molecule has 0 bridgehead atoms. The largest absolute Gasteiger partial charge is 0.463 e. The lowest BCUT2D eigenvalue weighted by atomic mass is 10.5. The second-order valence-electron chi connectivity index (χ2n) is 2.22. The molecule has 0 unspecified atom stereocenters. The van der Waals surface area contributed by atoms with Crippen LogP contribution in [0.4, 0.5) is 0 Å². The number of hydrogen-bond acceptors (Lipinski definition) is 4. The predicted molar refractivity (Wildman–Crippen MR) is 42.6 cm³/mol. The zero-order valence-electron chi connectivity index (χ0n) is 7.13. The molecule has 0 saturated heterocycles. The monoisotopic (exact) mass is 158 g/mol. The van der Waals surface area contributed by atoms with Crippen molar-refractivity contribution in [2.75, 3.05) is 20.7 Å². The summed E-state index contributed by atoms with van der Waals surface area (Å²) in [5.74, 6) is -0.0119. The molecule has 0 heterocycles. The van der Waals surface area contributed by atoms with E-state index in [1.54, 1.807) is 25.9 Å². The van der Waals surface area contributed by atoms with Gasteiger partial charge in [-0.15, -0.1) is 0 Å². The maximum absolute atomic E-state index is 10.8. The standard InChI is InChI=1S/C7H14N2O2/c1-4-11-7(10)5-6(8)9(2)3/h5H,4,8H2,1-3H3/b6-5+. The van der Waals surface area contributed by atoms with Crippen LogP contribution in [0.3, 0.4) is 0 Å². The van der Waals surface area contributed by atoms with Gasteiger partial charge in [-0.1, -0.05) is 0 Å². The third-order valence-electron chi connectivity index (χ3n) is 1.07. The number of rotatable bonds is 3. The summed E-state index contributed by atoms with van der Waals surface area (Å²) in [4.78, 5) is 12.4. The molecule has 0 aromatic carbocycles. The smallest absolute Gasteiger partial charge is 0.334 e. The van der Waals surface area contributed by atoms with Crippen LogP contribution in [0.1, 0.15) is 6.92 Å². The predicted octanol–water partition coefficient (Wildman–Crippen LogP) is -0.0888. The molecule has 2 N–H and O–H groups in total. The molecule has 0 fully saturated rings. The van der Waals surface area contributed by atoms with Crippen molar-refractivity contribution in [3.8, 4) is 0 Å². The number of nitrogens with two attached hydrogens (primary N) is 1. The summed E-state index contributed by atoms with van der Waals surface area (Å²) in [5, 5.41) is 0. The van der Waals surface area contributed by atoms with E-state index in [1.165, 1.54) is 6.08 Å². The Morgan fingerprint density at radius 1 is 1.64 bits per heavy atom. The zero-order valence-corrected chi connectivity index (χ0v) is 7.13. The van der Waals surface area contributed by atoms with Crippen LogP contribution in [-0.4, -0.2) is 31.6 Å². The van der Waals surface area contributed by atoms with Crippen molar-refractivity contribution in [3.05, 3.63) is 11.9 Å². The summed E-state index contributed by atoms with van der Waals surface area (Å²) in [6, 6.07) is 0. The first-order chi connectivity index (χ1) is 5.07. The van der Waals surface area contributed by atoms with Gasteiger partial charge in [0.25, 0.3) is 0 Å². The Kier molecular flexibility index (Phi) is 4.10. The molecule has 0 aliphatic heterocycles. The first-order valence-corrected chi connectivity index (χ1v) is 3.39. The molecule has 4 heteroatoms. The van der Waals surface area contributed by atoms with Crippen LogP contribution in [0.2, 0.25) is 0 Å². The van der Waals surface area contributed by atoms with Gasteiger partial charge in [0.2, 0.25) is 0 Å². The van der Waals surface area contributed by atoms with Gasteiger partial charge in [0.05, 0.1) is 12.7 Å². The quantitative estimate of drug-likeness (QED) is 0.460. The SMILES string of the molecule is CCOC(=O)/C=C(\N)N(C)C. The molecule has 0 aromatic heterocycles. The molecule has 0 atom stereocenters. The fourth-order valence-electron chi connectivity index (χ4n) is 0.434. The van der Waals surface area contributed by atoms with Crippen LogP contribution in [0.5, 0.6) is 0 Å². The maximum atomic E-state index is 10.8. The highest BCUT2D eigenvalue weighted by Gasteiger charge is 1.98. The van der Waals surface area contributed by atoms with Gasteiger partial charge in [0.15, 0.2) is 0 Å². The van der Waals surface area contributed by atoms with Gasteiger partial charge in [-0.2, -0.15) is 0 Å². The molecule has 0 spiro atoms. The van der Waals surface area contributed by atoms with Gasteiger partial charge in [-0.25, -0.2) is 4.79 Å². The third kappa shape index (κ3) is 4.25. The minimum atomic E-state index is -0.404. The highest BCUT2D eigenvalue weighted by molar-refractivity contribution is 5.82. The van der Waals surface area contributed by atoms with Crippen LogP contribution >= 0.6 is 0 Å². The average molecular weight is 158 g/mol. The molecule has 0 aliphatic carbocycles. The van der Waals surface area contributed by atoms with Gasteiger partial charge >= 0.3 is 5.97 Å². The summed E-state index contributed by atoms with van der Waals surface area (Å²) >= 11 is 0. The van der Waals surface area contributed by atoms with Crippen molar-refractivity contribution in [1.82, 2.24) is 4.90 Å². The van der Waals surface area contributed by atoms with Crippen molar-refractivity contribution in [1.29, 1.82) is 0 Å². The van der Waals surface area contributed by atoms with E-state index in [-0.39, 0.29) is 0 Å². The van der Waals surface area contributed by atoms with Gasteiger partial charge in [0, 0.05) is 14.1 Å². The summed E-state index contributed by atoms with van der Waals surface area (Å²) in [6.07, 6.45) is 1.25. The lowest BCUT2D eigenvalue weighted by Gasteiger charge is -2.10. The van der Waals surface area contributed by atoms with Gasteiger partial charge < -0.3 is 15.4 Å². The Hall–Kier alpha value is -1.19. The Labute approximate surface area is 66.6 Å². The minimum Gasteiger partial charge on any atom is -0.463 e. The summed E-state index contributed by atoms with van der Waals surface area (Å²) in [7, 11) is 3.51. The highest BCUT2D eigenvalue weighted by Crippen LogP contribution is 1.89. The summed E-state index contributed by atoms with van der Waals surface area (Å²) < 4.78 is 4.64.